The molecule has 0 heterocycles. The zero-order valence-electron chi connectivity index (χ0n) is 15.2. The van der Waals surface area contributed by atoms with Crippen LogP contribution < -0.4 is 11.1 Å². The van der Waals surface area contributed by atoms with Gasteiger partial charge in [0.25, 0.3) is 0 Å². The zero-order chi connectivity index (χ0) is 19.2. The van der Waals surface area contributed by atoms with Crippen molar-refractivity contribution in [3.05, 3.63) is 65.7 Å². The van der Waals surface area contributed by atoms with Crippen molar-refractivity contribution in [3.8, 4) is 0 Å². The second kappa shape index (κ2) is 8.96. The lowest BCUT2D eigenvalue weighted by atomic mass is 10.0. The van der Waals surface area contributed by atoms with Gasteiger partial charge in [-0.15, -0.1) is 0 Å². The fourth-order valence-electron chi connectivity index (χ4n) is 2.72. The van der Waals surface area contributed by atoms with Gasteiger partial charge in [0.15, 0.2) is 9.84 Å². The summed E-state index contributed by atoms with van der Waals surface area (Å²) in [6, 6.07) is 15.4. The van der Waals surface area contributed by atoms with Crippen molar-refractivity contribution >= 4 is 21.4 Å². The quantitative estimate of drug-likeness (QED) is 0.743. The van der Waals surface area contributed by atoms with Crippen molar-refractivity contribution < 1.29 is 13.2 Å². The SMILES string of the molecule is CC(C)C[C@H](N)C(=O)Nc1cccc(CS(=O)(=O)Cc2ccccc2)c1. The van der Waals surface area contributed by atoms with Gasteiger partial charge in [0, 0.05) is 5.69 Å². The monoisotopic (exact) mass is 374 g/mol. The predicted octanol–water partition coefficient (Wildman–Crippen LogP) is 3.11. The first kappa shape index (κ1) is 20.1. The lowest BCUT2D eigenvalue weighted by molar-refractivity contribution is -0.117. The van der Waals surface area contributed by atoms with Gasteiger partial charge in [-0.3, -0.25) is 4.79 Å². The summed E-state index contributed by atoms with van der Waals surface area (Å²) in [5.41, 5.74) is 7.84. The molecule has 0 radical (unpaired) electrons. The summed E-state index contributed by atoms with van der Waals surface area (Å²) in [7, 11) is -3.30. The summed E-state index contributed by atoms with van der Waals surface area (Å²) in [4.78, 5) is 12.1. The van der Waals surface area contributed by atoms with Crippen LogP contribution in [-0.2, 0) is 26.1 Å². The molecule has 2 aromatic carbocycles. The van der Waals surface area contributed by atoms with Gasteiger partial charge in [0.05, 0.1) is 17.5 Å². The maximum Gasteiger partial charge on any atom is 0.241 e. The first-order valence-electron chi connectivity index (χ1n) is 8.65. The Hall–Kier alpha value is -2.18. The molecule has 0 aliphatic carbocycles. The number of nitrogens with one attached hydrogen (secondary N) is 1. The molecule has 0 aromatic heterocycles. The van der Waals surface area contributed by atoms with E-state index in [1.54, 1.807) is 36.4 Å². The van der Waals surface area contributed by atoms with Crippen LogP contribution in [-0.4, -0.2) is 20.4 Å². The number of hydrogen-bond donors (Lipinski definition) is 2. The predicted molar refractivity (Wildman–Crippen MR) is 105 cm³/mol. The average molecular weight is 375 g/mol. The Morgan fingerprint density at radius 1 is 1.00 bits per heavy atom. The molecule has 0 aliphatic rings. The molecule has 5 nitrogen and oxygen atoms in total. The van der Waals surface area contributed by atoms with E-state index in [1.165, 1.54) is 0 Å². The third-order valence-corrected chi connectivity index (χ3v) is 5.42. The van der Waals surface area contributed by atoms with Crippen molar-refractivity contribution in [1.82, 2.24) is 0 Å². The fraction of sp³-hybridized carbons (Fsp3) is 0.350. The van der Waals surface area contributed by atoms with Crippen LogP contribution in [0.5, 0.6) is 0 Å². The number of anilines is 1. The molecular weight excluding hydrogens is 348 g/mol. The lowest BCUT2D eigenvalue weighted by Gasteiger charge is -2.14. The number of benzene rings is 2. The van der Waals surface area contributed by atoms with E-state index >= 15 is 0 Å². The minimum Gasteiger partial charge on any atom is -0.325 e. The van der Waals surface area contributed by atoms with E-state index in [9.17, 15) is 13.2 Å². The van der Waals surface area contributed by atoms with Gasteiger partial charge in [-0.2, -0.15) is 0 Å². The third kappa shape index (κ3) is 6.61. The molecule has 0 unspecified atom stereocenters. The van der Waals surface area contributed by atoms with Crippen LogP contribution in [0.4, 0.5) is 5.69 Å². The van der Waals surface area contributed by atoms with Gasteiger partial charge in [0.2, 0.25) is 5.91 Å². The largest absolute Gasteiger partial charge is 0.325 e. The van der Waals surface area contributed by atoms with Gasteiger partial charge >= 0.3 is 0 Å². The summed E-state index contributed by atoms with van der Waals surface area (Å²) in [6.45, 7) is 4.01. The van der Waals surface area contributed by atoms with E-state index in [1.807, 2.05) is 32.0 Å². The van der Waals surface area contributed by atoms with Gasteiger partial charge in [-0.05, 0) is 35.6 Å². The van der Waals surface area contributed by atoms with E-state index in [2.05, 4.69) is 5.32 Å². The summed E-state index contributed by atoms with van der Waals surface area (Å²) < 4.78 is 24.9. The van der Waals surface area contributed by atoms with E-state index in [0.717, 1.165) is 5.56 Å². The molecule has 1 atom stereocenters. The van der Waals surface area contributed by atoms with Crippen LogP contribution in [0.25, 0.3) is 0 Å². The summed E-state index contributed by atoms with van der Waals surface area (Å²) in [5.74, 6) is -0.0268. The maximum absolute atomic E-state index is 12.4. The molecule has 0 fully saturated rings. The highest BCUT2D eigenvalue weighted by Gasteiger charge is 2.16. The van der Waals surface area contributed by atoms with Crippen molar-refractivity contribution in [2.24, 2.45) is 11.7 Å². The minimum absolute atomic E-state index is 0.0102. The second-order valence-corrected chi connectivity index (χ2v) is 9.01. The molecule has 0 saturated carbocycles. The van der Waals surface area contributed by atoms with Gasteiger partial charge in [-0.1, -0.05) is 56.3 Å². The van der Waals surface area contributed by atoms with Crippen LogP contribution in [0.15, 0.2) is 54.6 Å². The number of rotatable bonds is 8. The van der Waals surface area contributed by atoms with Gasteiger partial charge in [-0.25, -0.2) is 8.42 Å². The average Bonchev–Trinajstić information content (AvgIpc) is 2.54. The summed E-state index contributed by atoms with van der Waals surface area (Å²) in [5, 5.41) is 2.76. The van der Waals surface area contributed by atoms with Crippen LogP contribution in [0.1, 0.15) is 31.4 Å². The molecule has 3 N–H and O–H groups in total. The van der Waals surface area contributed by atoms with Crippen molar-refractivity contribution in [2.45, 2.75) is 37.8 Å². The smallest absolute Gasteiger partial charge is 0.241 e. The van der Waals surface area contributed by atoms with Crippen molar-refractivity contribution in [3.63, 3.8) is 0 Å². The summed E-state index contributed by atoms with van der Waals surface area (Å²) >= 11 is 0. The Bertz CT molecular complexity index is 833. The number of nitrogens with two attached hydrogens (primary N) is 1. The molecule has 0 saturated heterocycles. The second-order valence-electron chi connectivity index (χ2n) is 6.94. The van der Waals surface area contributed by atoms with Crippen LogP contribution in [0.2, 0.25) is 0 Å². The lowest BCUT2D eigenvalue weighted by Crippen LogP contribution is -2.36. The zero-order valence-corrected chi connectivity index (χ0v) is 16.0. The van der Waals surface area contributed by atoms with E-state index in [4.69, 9.17) is 5.73 Å². The van der Waals surface area contributed by atoms with Crippen molar-refractivity contribution in [1.29, 1.82) is 0 Å². The topological polar surface area (TPSA) is 89.3 Å². The van der Waals surface area contributed by atoms with Crippen molar-refractivity contribution in [2.75, 3.05) is 5.32 Å². The molecule has 0 aliphatic heterocycles. The normalized spacial score (nSPS) is 12.8. The van der Waals surface area contributed by atoms with E-state index in [-0.39, 0.29) is 17.4 Å². The van der Waals surface area contributed by atoms with Crippen LogP contribution in [0, 0.1) is 5.92 Å². The highest BCUT2D eigenvalue weighted by Crippen LogP contribution is 2.17. The van der Waals surface area contributed by atoms with Gasteiger partial charge in [0.1, 0.15) is 0 Å². The molecule has 0 spiro atoms. The Balaban J connectivity index is 2.03. The number of carbonyl (C=O) groups excluding carboxylic acids is 1. The number of hydrogen-bond acceptors (Lipinski definition) is 4. The summed E-state index contributed by atoms with van der Waals surface area (Å²) in [6.07, 6.45) is 0.594. The number of sulfone groups is 1. The highest BCUT2D eigenvalue weighted by atomic mass is 32.2. The first-order valence-corrected chi connectivity index (χ1v) is 10.5. The Kier molecular flexibility index (Phi) is 6.94. The molecule has 26 heavy (non-hydrogen) atoms. The minimum atomic E-state index is -3.30. The fourth-order valence-corrected chi connectivity index (χ4v) is 4.21. The van der Waals surface area contributed by atoms with E-state index < -0.39 is 15.9 Å². The molecule has 140 valence electrons. The first-order chi connectivity index (χ1) is 12.2. The Labute approximate surface area is 155 Å². The third-order valence-electron chi connectivity index (χ3n) is 3.87. The van der Waals surface area contributed by atoms with Crippen LogP contribution >= 0.6 is 0 Å². The Morgan fingerprint density at radius 2 is 1.62 bits per heavy atom. The molecule has 2 aromatic rings. The molecule has 0 bridgehead atoms. The maximum atomic E-state index is 12.4. The molecule has 6 heteroatoms. The van der Waals surface area contributed by atoms with Gasteiger partial charge < -0.3 is 11.1 Å². The van der Waals surface area contributed by atoms with Crippen LogP contribution in [0.3, 0.4) is 0 Å². The molecule has 1 amide bonds. The number of amides is 1. The standard InChI is InChI=1S/C20H26N2O3S/c1-15(2)11-19(21)20(23)22-18-10-6-9-17(12-18)14-26(24,25)13-16-7-4-3-5-8-16/h3-10,12,15,19H,11,13-14,21H2,1-2H3,(H,22,23)/t19-/m0/s1. The Morgan fingerprint density at radius 3 is 2.27 bits per heavy atom. The molecular formula is C20H26N2O3S. The highest BCUT2D eigenvalue weighted by molar-refractivity contribution is 7.89. The van der Waals surface area contributed by atoms with E-state index in [0.29, 0.717) is 23.6 Å². The number of carbonyl (C=O) groups is 1. The molecule has 2 rings (SSSR count).